The van der Waals surface area contributed by atoms with Crippen LogP contribution in [0.1, 0.15) is 42.0 Å². The van der Waals surface area contributed by atoms with Gasteiger partial charge in [-0.1, -0.05) is 25.1 Å². The molecule has 1 N–H and O–H groups in total. The largest absolute Gasteiger partial charge is 0.387 e. The fraction of sp³-hybridized carbons (Fsp3) is 0.278. The van der Waals surface area contributed by atoms with Crippen molar-refractivity contribution < 1.29 is 9.50 Å². The first kappa shape index (κ1) is 14.7. The van der Waals surface area contributed by atoms with Crippen molar-refractivity contribution >= 4 is 5.65 Å². The van der Waals surface area contributed by atoms with Gasteiger partial charge in [-0.25, -0.2) is 9.37 Å². The van der Waals surface area contributed by atoms with Crippen molar-refractivity contribution in [1.29, 1.82) is 0 Å². The molecule has 4 heteroatoms. The van der Waals surface area contributed by atoms with Gasteiger partial charge in [-0.2, -0.15) is 0 Å². The number of nitrogens with zero attached hydrogens (tertiary/aromatic N) is 2. The predicted molar refractivity (Wildman–Crippen MR) is 84.4 cm³/mol. The topological polar surface area (TPSA) is 37.5 Å². The maximum atomic E-state index is 13.0. The second-order valence-electron chi connectivity index (χ2n) is 5.61. The lowest BCUT2D eigenvalue weighted by Gasteiger charge is -2.11. The summed E-state index contributed by atoms with van der Waals surface area (Å²) in [7, 11) is 0. The lowest BCUT2D eigenvalue weighted by Crippen LogP contribution is -2.05. The van der Waals surface area contributed by atoms with Gasteiger partial charge in [0.2, 0.25) is 0 Å². The average molecular weight is 298 g/mol. The molecule has 114 valence electrons. The Morgan fingerprint density at radius 3 is 2.59 bits per heavy atom. The van der Waals surface area contributed by atoms with Gasteiger partial charge in [0.15, 0.2) is 0 Å². The number of aliphatic hydroxyl groups is 1. The van der Waals surface area contributed by atoms with E-state index in [1.165, 1.54) is 12.1 Å². The third-order valence-electron chi connectivity index (χ3n) is 3.87. The zero-order valence-corrected chi connectivity index (χ0v) is 12.8. The Labute approximate surface area is 129 Å². The minimum Gasteiger partial charge on any atom is -0.387 e. The van der Waals surface area contributed by atoms with Crippen LogP contribution in [-0.2, 0) is 6.42 Å². The summed E-state index contributed by atoms with van der Waals surface area (Å²) in [5.41, 5.74) is 4.58. The minimum absolute atomic E-state index is 0.247. The molecule has 22 heavy (non-hydrogen) atoms. The molecule has 3 nitrogen and oxygen atoms in total. The molecule has 0 saturated carbocycles. The Balaban J connectivity index is 2.09. The summed E-state index contributed by atoms with van der Waals surface area (Å²) in [6.07, 6.45) is 2.63. The lowest BCUT2D eigenvalue weighted by atomic mass is 10.1. The molecule has 0 saturated heterocycles. The molecule has 1 unspecified atom stereocenters. The third-order valence-corrected chi connectivity index (χ3v) is 3.87. The zero-order chi connectivity index (χ0) is 15.7. The average Bonchev–Trinajstić information content (AvgIpc) is 2.86. The van der Waals surface area contributed by atoms with Crippen LogP contribution in [0.3, 0.4) is 0 Å². The van der Waals surface area contributed by atoms with E-state index in [0.717, 1.165) is 28.2 Å². The minimum atomic E-state index is -0.563. The number of rotatable bonds is 4. The van der Waals surface area contributed by atoms with Crippen molar-refractivity contribution in [3.8, 4) is 0 Å². The van der Waals surface area contributed by atoms with Crippen LogP contribution in [0, 0.1) is 12.7 Å². The van der Waals surface area contributed by atoms with E-state index in [1.807, 2.05) is 36.6 Å². The maximum absolute atomic E-state index is 13.0. The van der Waals surface area contributed by atoms with E-state index in [9.17, 15) is 9.50 Å². The van der Waals surface area contributed by atoms with Crippen LogP contribution in [0.2, 0.25) is 0 Å². The van der Waals surface area contributed by atoms with E-state index in [2.05, 4.69) is 4.98 Å². The lowest BCUT2D eigenvalue weighted by molar-refractivity contribution is 0.167. The van der Waals surface area contributed by atoms with Crippen LogP contribution in [0.5, 0.6) is 0 Å². The molecule has 0 amide bonds. The smallest absolute Gasteiger partial charge is 0.137 e. The van der Waals surface area contributed by atoms with Gasteiger partial charge in [0, 0.05) is 12.6 Å². The second kappa shape index (κ2) is 5.89. The summed E-state index contributed by atoms with van der Waals surface area (Å²) in [6, 6.07) is 10.4. The van der Waals surface area contributed by atoms with Crippen molar-refractivity contribution in [2.75, 3.05) is 0 Å². The Morgan fingerprint density at radius 2 is 1.91 bits per heavy atom. The highest BCUT2D eigenvalue weighted by Gasteiger charge is 2.18. The first-order valence-electron chi connectivity index (χ1n) is 7.48. The Morgan fingerprint density at radius 1 is 1.18 bits per heavy atom. The van der Waals surface area contributed by atoms with Gasteiger partial charge in [0.05, 0.1) is 17.5 Å². The number of hydrogen-bond acceptors (Lipinski definition) is 2. The van der Waals surface area contributed by atoms with Crippen LogP contribution in [-0.4, -0.2) is 14.5 Å². The molecule has 0 spiro atoms. The standard InChI is InChI=1S/C18H19FN2O/c1-3-16(22)18-15(10-13-5-7-14(19)8-6-13)20-17-9-4-12(2)11-21(17)18/h4-9,11,16,22H,3,10H2,1-2H3. The van der Waals surface area contributed by atoms with Crippen LogP contribution >= 0.6 is 0 Å². The molecule has 0 aliphatic carbocycles. The first-order valence-corrected chi connectivity index (χ1v) is 7.48. The second-order valence-corrected chi connectivity index (χ2v) is 5.61. The number of aliphatic hydroxyl groups excluding tert-OH is 1. The summed E-state index contributed by atoms with van der Waals surface area (Å²) in [6.45, 7) is 3.96. The van der Waals surface area contributed by atoms with Crippen molar-refractivity contribution in [3.63, 3.8) is 0 Å². The third kappa shape index (κ3) is 2.74. The number of pyridine rings is 1. The molecular weight excluding hydrogens is 279 g/mol. The Hall–Kier alpha value is -2.20. The quantitative estimate of drug-likeness (QED) is 0.795. The molecule has 0 aliphatic rings. The molecule has 0 aliphatic heterocycles. The van der Waals surface area contributed by atoms with Gasteiger partial charge < -0.3 is 9.51 Å². The molecule has 0 fully saturated rings. The van der Waals surface area contributed by atoms with Crippen LogP contribution < -0.4 is 0 Å². The molecule has 2 aromatic heterocycles. The highest BCUT2D eigenvalue weighted by atomic mass is 19.1. The van der Waals surface area contributed by atoms with Crippen molar-refractivity contribution in [1.82, 2.24) is 9.38 Å². The number of aromatic nitrogens is 2. The van der Waals surface area contributed by atoms with Gasteiger partial charge in [0.1, 0.15) is 11.5 Å². The van der Waals surface area contributed by atoms with E-state index in [0.29, 0.717) is 12.8 Å². The summed E-state index contributed by atoms with van der Waals surface area (Å²) < 4.78 is 15.0. The van der Waals surface area contributed by atoms with E-state index < -0.39 is 6.10 Å². The SMILES string of the molecule is CCC(O)c1c(Cc2ccc(F)cc2)nc2ccc(C)cn12. The molecular formula is C18H19FN2O. The van der Waals surface area contributed by atoms with Gasteiger partial charge in [-0.05, 0) is 42.7 Å². The fourth-order valence-corrected chi connectivity index (χ4v) is 2.69. The highest BCUT2D eigenvalue weighted by molar-refractivity contribution is 5.46. The number of imidazole rings is 1. The van der Waals surface area contributed by atoms with Crippen molar-refractivity contribution in [2.24, 2.45) is 0 Å². The molecule has 3 aromatic rings. The van der Waals surface area contributed by atoms with Gasteiger partial charge >= 0.3 is 0 Å². The van der Waals surface area contributed by atoms with E-state index in [-0.39, 0.29) is 5.82 Å². The number of hydrogen-bond donors (Lipinski definition) is 1. The van der Waals surface area contributed by atoms with Crippen LogP contribution in [0.15, 0.2) is 42.6 Å². The van der Waals surface area contributed by atoms with Crippen LogP contribution in [0.25, 0.3) is 5.65 Å². The molecule has 0 bridgehead atoms. The molecule has 1 aromatic carbocycles. The number of fused-ring (bicyclic) bond motifs is 1. The Bertz CT molecular complexity index is 793. The van der Waals surface area contributed by atoms with Crippen LogP contribution in [0.4, 0.5) is 4.39 Å². The van der Waals surface area contributed by atoms with Crippen molar-refractivity contribution in [3.05, 3.63) is 70.9 Å². The fourth-order valence-electron chi connectivity index (χ4n) is 2.69. The van der Waals surface area contributed by atoms with Gasteiger partial charge in [-0.15, -0.1) is 0 Å². The molecule has 1 atom stereocenters. The number of halogens is 1. The normalized spacial score (nSPS) is 12.7. The zero-order valence-electron chi connectivity index (χ0n) is 12.8. The summed E-state index contributed by atoms with van der Waals surface area (Å²) >= 11 is 0. The summed E-state index contributed by atoms with van der Waals surface area (Å²) in [5, 5.41) is 10.4. The first-order chi connectivity index (χ1) is 10.6. The highest BCUT2D eigenvalue weighted by Crippen LogP contribution is 2.25. The van der Waals surface area contributed by atoms with E-state index >= 15 is 0 Å². The molecule has 3 rings (SSSR count). The van der Waals surface area contributed by atoms with E-state index in [4.69, 9.17) is 0 Å². The number of aryl methyl sites for hydroxylation is 1. The molecule has 2 heterocycles. The van der Waals surface area contributed by atoms with Crippen molar-refractivity contribution in [2.45, 2.75) is 32.8 Å². The number of benzene rings is 1. The van der Waals surface area contributed by atoms with Gasteiger partial charge in [-0.3, -0.25) is 0 Å². The monoisotopic (exact) mass is 298 g/mol. The maximum Gasteiger partial charge on any atom is 0.137 e. The summed E-state index contributed by atoms with van der Waals surface area (Å²) in [5.74, 6) is -0.247. The summed E-state index contributed by atoms with van der Waals surface area (Å²) in [4.78, 5) is 4.65. The molecule has 0 radical (unpaired) electrons. The van der Waals surface area contributed by atoms with Gasteiger partial charge in [0.25, 0.3) is 0 Å². The Kier molecular flexibility index (Phi) is 3.94. The van der Waals surface area contributed by atoms with E-state index in [1.54, 1.807) is 12.1 Å². The predicted octanol–water partition coefficient (Wildman–Crippen LogP) is 3.82.